The van der Waals surface area contributed by atoms with Crippen LogP contribution in [0.4, 0.5) is 0 Å². The van der Waals surface area contributed by atoms with Crippen LogP contribution in [0.25, 0.3) is 6.08 Å². The van der Waals surface area contributed by atoms with Crippen molar-refractivity contribution < 1.29 is 23.7 Å². The fraction of sp³-hybridized carbons (Fsp3) is 0.116. The standard InChI is InChI=1S/C43H36O5/c1-5-13-32(14-6-1)28-44-37-26-41(46-30-34-17-9-3-10-18-34)38-22-24-39(48-42(38)27-37)36-21-23-40(45-29-33-15-7-2-8-16-33)43(25-36)47-31-35-19-11-4-12-20-35/h1-27,39H,28-31H2. The van der Waals surface area contributed by atoms with Crippen LogP contribution in [0, 0.1) is 0 Å². The van der Waals surface area contributed by atoms with Gasteiger partial charge in [0.05, 0.1) is 5.56 Å². The molecule has 1 aliphatic rings. The Morgan fingerprint density at radius 1 is 0.438 bits per heavy atom. The molecule has 5 heteroatoms. The number of benzene rings is 6. The van der Waals surface area contributed by atoms with Gasteiger partial charge in [0.1, 0.15) is 49.8 Å². The highest BCUT2D eigenvalue weighted by Crippen LogP contribution is 2.43. The number of fused-ring (bicyclic) bond motifs is 1. The van der Waals surface area contributed by atoms with E-state index in [1.165, 1.54) is 0 Å². The first kappa shape index (κ1) is 30.7. The minimum atomic E-state index is -0.355. The molecular formula is C43H36O5. The van der Waals surface area contributed by atoms with E-state index in [1.54, 1.807) is 0 Å². The molecule has 0 N–H and O–H groups in total. The molecule has 0 spiro atoms. The normalized spacial score (nSPS) is 13.2. The van der Waals surface area contributed by atoms with E-state index in [9.17, 15) is 0 Å². The van der Waals surface area contributed by atoms with Gasteiger partial charge in [0.2, 0.25) is 0 Å². The van der Waals surface area contributed by atoms with Crippen LogP contribution in [-0.2, 0) is 26.4 Å². The summed E-state index contributed by atoms with van der Waals surface area (Å²) in [4.78, 5) is 0. The minimum Gasteiger partial charge on any atom is -0.489 e. The van der Waals surface area contributed by atoms with Gasteiger partial charge in [-0.1, -0.05) is 127 Å². The van der Waals surface area contributed by atoms with Crippen LogP contribution in [0.5, 0.6) is 28.7 Å². The third kappa shape index (κ3) is 7.88. The predicted octanol–water partition coefficient (Wildman–Crippen LogP) is 10.1. The van der Waals surface area contributed by atoms with Crippen LogP contribution in [0.3, 0.4) is 0 Å². The van der Waals surface area contributed by atoms with E-state index in [1.807, 2.05) is 146 Å². The molecule has 1 aliphatic heterocycles. The van der Waals surface area contributed by atoms with Crippen LogP contribution in [0.15, 0.2) is 158 Å². The minimum absolute atomic E-state index is 0.355. The summed E-state index contributed by atoms with van der Waals surface area (Å²) in [6.07, 6.45) is 3.75. The zero-order valence-electron chi connectivity index (χ0n) is 26.5. The molecule has 0 radical (unpaired) electrons. The smallest absolute Gasteiger partial charge is 0.162 e. The Hall–Kier alpha value is -5.94. The second kappa shape index (κ2) is 15.1. The van der Waals surface area contributed by atoms with Gasteiger partial charge in [0.25, 0.3) is 0 Å². The molecule has 1 atom stereocenters. The molecule has 0 bridgehead atoms. The van der Waals surface area contributed by atoms with Crippen molar-refractivity contribution in [2.75, 3.05) is 0 Å². The Balaban J connectivity index is 1.15. The van der Waals surface area contributed by atoms with Crippen molar-refractivity contribution in [1.82, 2.24) is 0 Å². The summed E-state index contributed by atoms with van der Waals surface area (Å²) in [5.41, 5.74) is 6.13. The molecular weight excluding hydrogens is 596 g/mol. The molecule has 1 heterocycles. The van der Waals surface area contributed by atoms with E-state index in [2.05, 4.69) is 18.2 Å². The molecule has 0 saturated heterocycles. The molecule has 0 aliphatic carbocycles. The van der Waals surface area contributed by atoms with E-state index in [0.717, 1.165) is 33.4 Å². The fourth-order valence-corrected chi connectivity index (χ4v) is 5.46. The quantitative estimate of drug-likeness (QED) is 0.127. The zero-order valence-corrected chi connectivity index (χ0v) is 26.5. The lowest BCUT2D eigenvalue weighted by Crippen LogP contribution is -2.11. The average Bonchev–Trinajstić information content (AvgIpc) is 3.16. The number of ether oxygens (including phenoxy) is 5. The maximum absolute atomic E-state index is 6.65. The van der Waals surface area contributed by atoms with Gasteiger partial charge >= 0.3 is 0 Å². The SMILES string of the molecule is C1=CC(c2ccc(OCc3ccccc3)c(OCc3ccccc3)c2)Oc2cc(OCc3ccccc3)cc(OCc3ccccc3)c21. The first-order valence-electron chi connectivity index (χ1n) is 16.1. The van der Waals surface area contributed by atoms with E-state index in [0.29, 0.717) is 55.2 Å². The van der Waals surface area contributed by atoms with E-state index >= 15 is 0 Å². The molecule has 6 aromatic rings. The lowest BCUT2D eigenvalue weighted by molar-refractivity contribution is 0.237. The Morgan fingerprint density at radius 2 is 0.917 bits per heavy atom. The first-order chi connectivity index (χ1) is 23.8. The number of hydrogen-bond acceptors (Lipinski definition) is 5. The van der Waals surface area contributed by atoms with Crippen molar-refractivity contribution in [2.24, 2.45) is 0 Å². The third-order valence-electron chi connectivity index (χ3n) is 8.03. The summed E-state index contributed by atoms with van der Waals surface area (Å²) < 4.78 is 31.8. The second-order valence-corrected chi connectivity index (χ2v) is 11.5. The van der Waals surface area contributed by atoms with Crippen molar-refractivity contribution in [3.8, 4) is 28.7 Å². The van der Waals surface area contributed by atoms with Crippen molar-refractivity contribution in [1.29, 1.82) is 0 Å². The van der Waals surface area contributed by atoms with Gasteiger partial charge in [-0.05, 0) is 46.5 Å². The van der Waals surface area contributed by atoms with Gasteiger partial charge in [-0.2, -0.15) is 0 Å². The predicted molar refractivity (Wildman–Crippen MR) is 188 cm³/mol. The highest BCUT2D eigenvalue weighted by molar-refractivity contribution is 5.69. The van der Waals surface area contributed by atoms with Gasteiger partial charge < -0.3 is 23.7 Å². The second-order valence-electron chi connectivity index (χ2n) is 11.5. The Bertz CT molecular complexity index is 1940. The molecule has 0 saturated carbocycles. The van der Waals surface area contributed by atoms with Crippen molar-refractivity contribution in [2.45, 2.75) is 32.5 Å². The van der Waals surface area contributed by atoms with Crippen molar-refractivity contribution in [3.05, 3.63) is 191 Å². The number of hydrogen-bond donors (Lipinski definition) is 0. The van der Waals surface area contributed by atoms with Crippen LogP contribution in [-0.4, -0.2) is 0 Å². The molecule has 5 nitrogen and oxygen atoms in total. The van der Waals surface area contributed by atoms with Gasteiger partial charge in [-0.3, -0.25) is 0 Å². The van der Waals surface area contributed by atoms with Crippen LogP contribution >= 0.6 is 0 Å². The Labute approximate surface area is 281 Å². The monoisotopic (exact) mass is 632 g/mol. The average molecular weight is 633 g/mol. The Morgan fingerprint density at radius 3 is 1.46 bits per heavy atom. The summed E-state index contributed by atoms with van der Waals surface area (Å²) in [5, 5.41) is 0. The lowest BCUT2D eigenvalue weighted by Gasteiger charge is -2.25. The van der Waals surface area contributed by atoms with E-state index in [4.69, 9.17) is 23.7 Å². The highest BCUT2D eigenvalue weighted by Gasteiger charge is 2.23. The fourth-order valence-electron chi connectivity index (χ4n) is 5.46. The van der Waals surface area contributed by atoms with Gasteiger partial charge in [-0.25, -0.2) is 0 Å². The zero-order chi connectivity index (χ0) is 32.4. The Kier molecular flexibility index (Phi) is 9.66. The molecule has 0 amide bonds. The molecule has 0 fully saturated rings. The van der Waals surface area contributed by atoms with Gasteiger partial charge in [0.15, 0.2) is 11.5 Å². The third-order valence-corrected chi connectivity index (χ3v) is 8.03. The molecule has 0 aromatic heterocycles. The summed E-state index contributed by atoms with van der Waals surface area (Å²) >= 11 is 0. The van der Waals surface area contributed by atoms with E-state index in [-0.39, 0.29) is 6.10 Å². The van der Waals surface area contributed by atoms with Crippen molar-refractivity contribution >= 4 is 6.08 Å². The first-order valence-corrected chi connectivity index (χ1v) is 16.1. The summed E-state index contributed by atoms with van der Waals surface area (Å²) in [5.74, 6) is 3.39. The maximum atomic E-state index is 6.65. The highest BCUT2D eigenvalue weighted by atomic mass is 16.5. The lowest BCUT2D eigenvalue weighted by atomic mass is 10.0. The summed E-state index contributed by atoms with van der Waals surface area (Å²) in [7, 11) is 0. The number of rotatable bonds is 13. The van der Waals surface area contributed by atoms with Crippen LogP contribution < -0.4 is 23.7 Å². The van der Waals surface area contributed by atoms with Gasteiger partial charge in [0, 0.05) is 17.7 Å². The van der Waals surface area contributed by atoms with E-state index < -0.39 is 0 Å². The summed E-state index contributed by atoms with van der Waals surface area (Å²) in [6, 6.07) is 50.3. The molecule has 238 valence electrons. The van der Waals surface area contributed by atoms with Crippen LogP contribution in [0.1, 0.15) is 39.5 Å². The van der Waals surface area contributed by atoms with Crippen LogP contribution in [0.2, 0.25) is 0 Å². The molecule has 48 heavy (non-hydrogen) atoms. The van der Waals surface area contributed by atoms with Crippen molar-refractivity contribution in [3.63, 3.8) is 0 Å². The largest absolute Gasteiger partial charge is 0.489 e. The summed E-state index contributed by atoms with van der Waals surface area (Å²) in [6.45, 7) is 1.72. The maximum Gasteiger partial charge on any atom is 0.162 e. The molecule has 7 rings (SSSR count). The molecule has 1 unspecified atom stereocenters. The van der Waals surface area contributed by atoms with Gasteiger partial charge in [-0.15, -0.1) is 0 Å². The molecule has 6 aromatic carbocycles. The topological polar surface area (TPSA) is 46.2 Å².